The highest BCUT2D eigenvalue weighted by atomic mass is 16.5. The lowest BCUT2D eigenvalue weighted by atomic mass is 10.1. The van der Waals surface area contributed by atoms with Gasteiger partial charge in [0.25, 0.3) is 5.56 Å². The average Bonchev–Trinajstić information content (AvgIpc) is 2.99. The highest BCUT2D eigenvalue weighted by molar-refractivity contribution is 5.91. The molecule has 0 aliphatic carbocycles. The summed E-state index contributed by atoms with van der Waals surface area (Å²) in [5.41, 5.74) is 1.68. The summed E-state index contributed by atoms with van der Waals surface area (Å²) in [6.45, 7) is 0. The van der Waals surface area contributed by atoms with Gasteiger partial charge in [-0.2, -0.15) is 0 Å². The van der Waals surface area contributed by atoms with Crippen LogP contribution in [0.15, 0.2) is 35.3 Å². The molecule has 7 nitrogen and oxygen atoms in total. The fourth-order valence-corrected chi connectivity index (χ4v) is 2.21. The number of rotatable bonds is 3. The van der Waals surface area contributed by atoms with Gasteiger partial charge in [0.1, 0.15) is 11.6 Å². The Hall–Kier alpha value is -3.09. The van der Waals surface area contributed by atoms with E-state index in [0.717, 1.165) is 0 Å². The molecule has 0 atom stereocenters. The lowest BCUT2D eigenvalue weighted by Crippen LogP contribution is -2.04. The summed E-state index contributed by atoms with van der Waals surface area (Å²) in [6.07, 6.45) is 1.55. The van der Waals surface area contributed by atoms with Crippen LogP contribution in [0.4, 0.5) is 0 Å². The Balaban J connectivity index is 2.15. The zero-order valence-electron chi connectivity index (χ0n) is 12.0. The molecule has 112 valence electrons. The summed E-state index contributed by atoms with van der Waals surface area (Å²) < 4.78 is 9.99. The molecule has 0 amide bonds. The van der Waals surface area contributed by atoms with E-state index in [2.05, 4.69) is 19.7 Å². The Kier molecular flexibility index (Phi) is 3.38. The molecule has 22 heavy (non-hydrogen) atoms. The monoisotopic (exact) mass is 299 g/mol. The van der Waals surface area contributed by atoms with E-state index in [4.69, 9.17) is 4.74 Å². The van der Waals surface area contributed by atoms with Crippen molar-refractivity contribution in [1.82, 2.24) is 15.0 Å². The molecule has 0 aliphatic heterocycles. The molecule has 2 N–H and O–H groups in total. The van der Waals surface area contributed by atoms with E-state index < -0.39 is 5.97 Å². The molecular formula is C15H13N3O4. The molecule has 0 aliphatic rings. The van der Waals surface area contributed by atoms with Crippen molar-refractivity contribution in [3.8, 4) is 17.1 Å². The summed E-state index contributed by atoms with van der Waals surface area (Å²) in [5, 5.41) is 0. The van der Waals surface area contributed by atoms with Crippen molar-refractivity contribution in [2.45, 2.75) is 0 Å². The van der Waals surface area contributed by atoms with Crippen LogP contribution in [0, 0.1) is 0 Å². The number of nitrogens with zero attached hydrogens (tertiary/aromatic N) is 1. The predicted octanol–water partition coefficient (Wildman–Crippen LogP) is 1.71. The number of ether oxygens (including phenoxy) is 2. The maximum absolute atomic E-state index is 11.7. The molecule has 0 bridgehead atoms. The van der Waals surface area contributed by atoms with Crippen molar-refractivity contribution in [2.24, 2.45) is 0 Å². The molecule has 2 heterocycles. The van der Waals surface area contributed by atoms with Crippen molar-refractivity contribution in [3.63, 3.8) is 0 Å². The Morgan fingerprint density at radius 2 is 2.05 bits per heavy atom. The van der Waals surface area contributed by atoms with Gasteiger partial charge in [0.15, 0.2) is 5.52 Å². The van der Waals surface area contributed by atoms with E-state index >= 15 is 0 Å². The zero-order chi connectivity index (χ0) is 15.7. The smallest absolute Gasteiger partial charge is 0.337 e. The molecule has 0 spiro atoms. The quantitative estimate of drug-likeness (QED) is 0.718. The second-order valence-corrected chi connectivity index (χ2v) is 4.56. The van der Waals surface area contributed by atoms with Gasteiger partial charge in [-0.05, 0) is 24.3 Å². The highest BCUT2D eigenvalue weighted by Gasteiger charge is 2.15. The van der Waals surface area contributed by atoms with Gasteiger partial charge in [-0.1, -0.05) is 0 Å². The third-order valence-electron chi connectivity index (χ3n) is 3.29. The van der Waals surface area contributed by atoms with Crippen LogP contribution >= 0.6 is 0 Å². The van der Waals surface area contributed by atoms with E-state index in [-0.39, 0.29) is 5.56 Å². The number of hydrogen-bond donors (Lipinski definition) is 2. The van der Waals surface area contributed by atoms with Crippen LogP contribution in [0.3, 0.4) is 0 Å². The maximum Gasteiger partial charge on any atom is 0.337 e. The van der Waals surface area contributed by atoms with Gasteiger partial charge in [-0.3, -0.25) is 4.79 Å². The number of fused-ring (bicyclic) bond motifs is 1. The second-order valence-electron chi connectivity index (χ2n) is 4.56. The lowest BCUT2D eigenvalue weighted by molar-refractivity contribution is 0.0600. The number of imidazole rings is 1. The van der Waals surface area contributed by atoms with Gasteiger partial charge in [0.05, 0.1) is 30.9 Å². The zero-order valence-corrected chi connectivity index (χ0v) is 12.0. The van der Waals surface area contributed by atoms with Crippen LogP contribution in [0.2, 0.25) is 0 Å². The summed E-state index contributed by atoms with van der Waals surface area (Å²) in [5.74, 6) is 0.490. The number of methoxy groups -OCH3 is 2. The standard InChI is InChI=1S/C15H13N3O4/c1-21-11-7-8(15(20)22-2)3-4-9(11)13-17-10-5-6-16-14(19)12(10)18-13/h3-7H,1-2H3,(H,16,19)(H,17,18). The summed E-state index contributed by atoms with van der Waals surface area (Å²) in [4.78, 5) is 33.2. The number of aromatic amines is 2. The summed E-state index contributed by atoms with van der Waals surface area (Å²) >= 11 is 0. The molecular weight excluding hydrogens is 286 g/mol. The largest absolute Gasteiger partial charge is 0.496 e. The molecule has 3 aromatic rings. The van der Waals surface area contributed by atoms with Crippen molar-refractivity contribution in [2.75, 3.05) is 14.2 Å². The molecule has 2 aromatic heterocycles. The van der Waals surface area contributed by atoms with Crippen LogP contribution in [-0.2, 0) is 4.74 Å². The predicted molar refractivity (Wildman–Crippen MR) is 80.0 cm³/mol. The molecule has 0 saturated heterocycles. The molecule has 1 aromatic carbocycles. The minimum atomic E-state index is -0.453. The van der Waals surface area contributed by atoms with Crippen LogP contribution in [0.5, 0.6) is 5.75 Å². The fourth-order valence-electron chi connectivity index (χ4n) is 2.21. The first-order chi connectivity index (χ1) is 10.6. The summed E-state index contributed by atoms with van der Waals surface area (Å²) in [6, 6.07) is 6.60. The van der Waals surface area contributed by atoms with Gasteiger partial charge >= 0.3 is 5.97 Å². The lowest BCUT2D eigenvalue weighted by Gasteiger charge is -2.08. The topological polar surface area (TPSA) is 97.1 Å². The van der Waals surface area contributed by atoms with Gasteiger partial charge in [0.2, 0.25) is 0 Å². The Morgan fingerprint density at radius 3 is 2.73 bits per heavy atom. The Bertz CT molecular complexity index is 911. The average molecular weight is 299 g/mol. The van der Waals surface area contributed by atoms with E-state index in [1.165, 1.54) is 14.2 Å². The SMILES string of the molecule is COC(=O)c1ccc(-c2nc3c(=O)[nH]ccc3[nH]2)c(OC)c1. The third kappa shape index (κ3) is 2.22. The number of carbonyl (C=O) groups is 1. The number of nitrogens with one attached hydrogen (secondary N) is 2. The normalized spacial score (nSPS) is 10.6. The molecule has 0 unspecified atom stereocenters. The highest BCUT2D eigenvalue weighted by Crippen LogP contribution is 2.30. The number of carbonyl (C=O) groups excluding carboxylic acids is 1. The van der Waals surface area contributed by atoms with E-state index in [9.17, 15) is 9.59 Å². The van der Waals surface area contributed by atoms with Crippen LogP contribution in [0.25, 0.3) is 22.4 Å². The maximum atomic E-state index is 11.7. The summed E-state index contributed by atoms with van der Waals surface area (Å²) in [7, 11) is 2.81. The number of esters is 1. The van der Waals surface area contributed by atoms with Gasteiger partial charge < -0.3 is 19.4 Å². The Morgan fingerprint density at radius 1 is 1.23 bits per heavy atom. The van der Waals surface area contributed by atoms with E-state index in [1.54, 1.807) is 30.5 Å². The van der Waals surface area contributed by atoms with Crippen LogP contribution in [-0.4, -0.2) is 35.1 Å². The van der Waals surface area contributed by atoms with Crippen molar-refractivity contribution >= 4 is 17.0 Å². The van der Waals surface area contributed by atoms with Gasteiger partial charge in [-0.25, -0.2) is 9.78 Å². The fraction of sp³-hybridized carbons (Fsp3) is 0.133. The molecule has 0 fully saturated rings. The Labute approximate surface area is 124 Å². The number of pyridine rings is 1. The van der Waals surface area contributed by atoms with Crippen LogP contribution in [0.1, 0.15) is 10.4 Å². The number of hydrogen-bond acceptors (Lipinski definition) is 5. The first-order valence-corrected chi connectivity index (χ1v) is 6.48. The molecule has 0 radical (unpaired) electrons. The number of benzene rings is 1. The second kappa shape index (κ2) is 5.36. The first-order valence-electron chi connectivity index (χ1n) is 6.48. The van der Waals surface area contributed by atoms with Gasteiger partial charge in [0, 0.05) is 6.20 Å². The third-order valence-corrected chi connectivity index (χ3v) is 3.29. The molecule has 0 saturated carbocycles. The van der Waals surface area contributed by atoms with Gasteiger partial charge in [-0.15, -0.1) is 0 Å². The first kappa shape index (κ1) is 13.9. The van der Waals surface area contributed by atoms with E-state index in [0.29, 0.717) is 33.7 Å². The number of H-pyrrole nitrogens is 2. The minimum absolute atomic E-state index is 0.273. The molecule has 3 rings (SSSR count). The van der Waals surface area contributed by atoms with E-state index in [1.807, 2.05) is 0 Å². The van der Waals surface area contributed by atoms with Crippen molar-refractivity contribution in [3.05, 3.63) is 46.4 Å². The van der Waals surface area contributed by atoms with Crippen molar-refractivity contribution < 1.29 is 14.3 Å². The molecule has 7 heteroatoms. The van der Waals surface area contributed by atoms with Crippen molar-refractivity contribution in [1.29, 1.82) is 0 Å². The van der Waals surface area contributed by atoms with Crippen LogP contribution < -0.4 is 10.3 Å². The minimum Gasteiger partial charge on any atom is -0.496 e. The number of aromatic nitrogens is 3.